The predicted molar refractivity (Wildman–Crippen MR) is 200 cm³/mol. The summed E-state index contributed by atoms with van der Waals surface area (Å²) in [6.07, 6.45) is 1.60. The summed E-state index contributed by atoms with van der Waals surface area (Å²) in [4.78, 5) is 72.3. The molecule has 1 saturated heterocycles. The Kier molecular flexibility index (Phi) is 14.0. The molecule has 0 saturated carbocycles. The summed E-state index contributed by atoms with van der Waals surface area (Å²) in [7, 11) is 3.29. The quantitative estimate of drug-likeness (QED) is 0.404. The first-order chi connectivity index (χ1) is 26.0. The Morgan fingerprint density at radius 3 is 2.28 bits per heavy atom. The van der Waals surface area contributed by atoms with Gasteiger partial charge in [0.25, 0.3) is 5.91 Å². The van der Waals surface area contributed by atoms with Gasteiger partial charge in [0.15, 0.2) is 11.6 Å². The summed E-state index contributed by atoms with van der Waals surface area (Å²) < 4.78 is 26.4. The van der Waals surface area contributed by atoms with Crippen LogP contribution < -0.4 is 20.1 Å². The number of amides is 5. The van der Waals surface area contributed by atoms with Gasteiger partial charge in [-0.25, -0.2) is 4.39 Å². The number of nitrogens with zero attached hydrogens (tertiary/aromatic N) is 3. The van der Waals surface area contributed by atoms with Crippen LogP contribution in [0.3, 0.4) is 0 Å². The van der Waals surface area contributed by atoms with Crippen molar-refractivity contribution in [3.63, 3.8) is 0 Å². The third kappa shape index (κ3) is 10.8. The molecule has 54 heavy (non-hydrogen) atoms. The summed E-state index contributed by atoms with van der Waals surface area (Å²) >= 11 is 0. The first kappa shape index (κ1) is 39.7. The molecular formula is C41H50FN5O7. The van der Waals surface area contributed by atoms with Crippen molar-refractivity contribution in [2.24, 2.45) is 0 Å². The van der Waals surface area contributed by atoms with Crippen molar-refractivity contribution >= 4 is 29.5 Å². The number of halogens is 1. The van der Waals surface area contributed by atoms with Gasteiger partial charge in [0.2, 0.25) is 23.6 Å². The fraction of sp³-hybridized carbons (Fsp3) is 0.439. The molecule has 12 nitrogen and oxygen atoms in total. The second-order valence-electron chi connectivity index (χ2n) is 13.9. The summed E-state index contributed by atoms with van der Waals surface area (Å²) in [5, 5.41) is 5.67. The Labute approximate surface area is 316 Å². The van der Waals surface area contributed by atoms with Crippen LogP contribution in [0.5, 0.6) is 11.5 Å². The number of para-hydroxylation sites is 2. The van der Waals surface area contributed by atoms with Crippen LogP contribution in [0.2, 0.25) is 0 Å². The zero-order chi connectivity index (χ0) is 38.6. The maximum Gasteiger partial charge on any atom is 0.255 e. The topological polar surface area (TPSA) is 138 Å². The number of benzene rings is 3. The highest BCUT2D eigenvalue weighted by Gasteiger charge is 2.32. The molecule has 3 atom stereocenters. The number of nitrogens with one attached hydrogen (secondary N) is 2. The summed E-state index contributed by atoms with van der Waals surface area (Å²) in [6.45, 7) is 2.62. The van der Waals surface area contributed by atoms with Crippen molar-refractivity contribution in [2.75, 3.05) is 40.3 Å². The Balaban J connectivity index is 1.36. The number of fused-ring (bicyclic) bond motifs is 1. The molecule has 1 fully saturated rings. The van der Waals surface area contributed by atoms with E-state index in [1.807, 2.05) is 30.3 Å². The van der Waals surface area contributed by atoms with Gasteiger partial charge in [0, 0.05) is 59.4 Å². The molecule has 5 rings (SSSR count). The number of rotatable bonds is 5. The van der Waals surface area contributed by atoms with Gasteiger partial charge in [-0.15, -0.1) is 0 Å². The number of carbonyl (C=O) groups is 5. The smallest absolute Gasteiger partial charge is 0.255 e. The SMILES string of the molecule is C[C@@H]1NC(=O)CCCN(C)C(=O)CC[C@@H](C(=O)N2CCC(Oc3ccccc3F)CC2)NC(=O)c2ccccc2OC[C@H](Cc2ccccc2)N(C)C1=O. The van der Waals surface area contributed by atoms with Crippen LogP contribution in [-0.4, -0.2) is 109 Å². The molecule has 0 unspecified atom stereocenters. The van der Waals surface area contributed by atoms with E-state index in [4.69, 9.17) is 9.47 Å². The molecular weight excluding hydrogens is 693 g/mol. The van der Waals surface area contributed by atoms with E-state index in [1.165, 1.54) is 11.0 Å². The second kappa shape index (κ2) is 19.0. The molecule has 5 amide bonds. The van der Waals surface area contributed by atoms with Crippen LogP contribution in [0.4, 0.5) is 4.39 Å². The second-order valence-corrected chi connectivity index (χ2v) is 13.9. The molecule has 13 heteroatoms. The minimum absolute atomic E-state index is 0.0244. The third-order valence-electron chi connectivity index (χ3n) is 9.98. The average Bonchev–Trinajstić information content (AvgIpc) is 3.18. The lowest BCUT2D eigenvalue weighted by atomic mass is 10.0. The Morgan fingerprint density at radius 2 is 1.54 bits per heavy atom. The van der Waals surface area contributed by atoms with E-state index in [-0.39, 0.29) is 72.7 Å². The Hall–Kier alpha value is -5.46. The normalized spacial score (nSPS) is 21.7. The van der Waals surface area contributed by atoms with E-state index in [0.29, 0.717) is 45.3 Å². The zero-order valence-electron chi connectivity index (χ0n) is 31.2. The number of ether oxygens (including phenoxy) is 2. The molecule has 2 aliphatic heterocycles. The van der Waals surface area contributed by atoms with Crippen molar-refractivity contribution in [3.8, 4) is 11.5 Å². The number of hydrogen-bond donors (Lipinski definition) is 2. The van der Waals surface area contributed by atoms with Crippen LogP contribution in [-0.2, 0) is 25.6 Å². The molecule has 2 N–H and O–H groups in total. The number of likely N-dealkylation sites (N-methyl/N-ethyl adjacent to an activating group) is 1. The van der Waals surface area contributed by atoms with Gasteiger partial charge in [0.05, 0.1) is 11.6 Å². The van der Waals surface area contributed by atoms with Gasteiger partial charge in [0.1, 0.15) is 30.5 Å². The number of likely N-dealkylation sites (tertiary alicyclic amines) is 1. The zero-order valence-corrected chi connectivity index (χ0v) is 31.2. The van der Waals surface area contributed by atoms with E-state index in [9.17, 15) is 28.4 Å². The maximum atomic E-state index is 14.2. The van der Waals surface area contributed by atoms with Crippen molar-refractivity contribution in [3.05, 3.63) is 95.8 Å². The molecule has 3 aromatic rings. The van der Waals surface area contributed by atoms with Crippen LogP contribution >= 0.6 is 0 Å². The third-order valence-corrected chi connectivity index (χ3v) is 9.98. The number of piperidine rings is 1. The fourth-order valence-electron chi connectivity index (χ4n) is 6.71. The fourth-order valence-corrected chi connectivity index (χ4v) is 6.71. The van der Waals surface area contributed by atoms with Gasteiger partial charge in [-0.2, -0.15) is 0 Å². The van der Waals surface area contributed by atoms with Crippen LogP contribution in [0.1, 0.15) is 61.4 Å². The highest BCUT2D eigenvalue weighted by Crippen LogP contribution is 2.24. The molecule has 288 valence electrons. The van der Waals surface area contributed by atoms with Gasteiger partial charge in [-0.3, -0.25) is 24.0 Å². The molecule has 3 aromatic carbocycles. The van der Waals surface area contributed by atoms with E-state index >= 15 is 0 Å². The molecule has 0 aromatic heterocycles. The molecule has 2 heterocycles. The van der Waals surface area contributed by atoms with Crippen LogP contribution in [0.15, 0.2) is 78.9 Å². The molecule has 0 radical (unpaired) electrons. The van der Waals surface area contributed by atoms with Gasteiger partial charge < -0.3 is 34.8 Å². The number of carbonyl (C=O) groups excluding carboxylic acids is 5. The standard InChI is InChI=1S/C41H50FN5O7/c1-28-40(51)46(3)30(26-29-12-5-4-6-13-29)27-53-35-16-9-7-14-32(35)39(50)44-34(19-20-38(49)45(2)23-11-18-37(48)43-28)41(52)47-24-21-31(22-25-47)54-36-17-10-8-15-33(36)42/h4-10,12-17,28,30-31,34H,11,18-27H2,1-3H3,(H,43,48)(H,44,50)/t28-,30-,34-/m0/s1. The van der Waals surface area contributed by atoms with Crippen molar-refractivity contribution in [2.45, 2.75) is 76.1 Å². The van der Waals surface area contributed by atoms with Crippen molar-refractivity contribution < 1.29 is 37.8 Å². The minimum atomic E-state index is -1.03. The van der Waals surface area contributed by atoms with E-state index in [2.05, 4.69) is 10.6 Å². The first-order valence-electron chi connectivity index (χ1n) is 18.6. The predicted octanol–water partition coefficient (Wildman–Crippen LogP) is 3.98. The van der Waals surface area contributed by atoms with Gasteiger partial charge in [-0.05, 0) is 56.0 Å². The monoisotopic (exact) mass is 743 g/mol. The van der Waals surface area contributed by atoms with Gasteiger partial charge in [-0.1, -0.05) is 54.6 Å². The highest BCUT2D eigenvalue weighted by atomic mass is 19.1. The molecule has 0 spiro atoms. The summed E-state index contributed by atoms with van der Waals surface area (Å²) in [5.74, 6) is -1.76. The lowest BCUT2D eigenvalue weighted by Gasteiger charge is -2.34. The number of hydrogen-bond acceptors (Lipinski definition) is 7. The average molecular weight is 744 g/mol. The van der Waals surface area contributed by atoms with Crippen LogP contribution in [0.25, 0.3) is 0 Å². The largest absolute Gasteiger partial charge is 0.491 e. The Morgan fingerprint density at radius 1 is 0.852 bits per heavy atom. The summed E-state index contributed by atoms with van der Waals surface area (Å²) in [5.41, 5.74) is 1.17. The first-order valence-corrected chi connectivity index (χ1v) is 18.6. The van der Waals surface area contributed by atoms with Crippen LogP contribution in [0, 0.1) is 5.82 Å². The Bertz CT molecular complexity index is 1770. The lowest BCUT2D eigenvalue weighted by molar-refractivity contribution is -0.137. The van der Waals surface area contributed by atoms with E-state index in [0.717, 1.165) is 5.56 Å². The molecule has 0 bridgehead atoms. The lowest BCUT2D eigenvalue weighted by Crippen LogP contribution is -2.52. The summed E-state index contributed by atoms with van der Waals surface area (Å²) in [6, 6.07) is 20.2. The molecule has 0 aliphatic carbocycles. The van der Waals surface area contributed by atoms with Crippen molar-refractivity contribution in [1.29, 1.82) is 0 Å². The molecule has 2 aliphatic rings. The maximum absolute atomic E-state index is 14.2. The van der Waals surface area contributed by atoms with Crippen molar-refractivity contribution in [1.82, 2.24) is 25.3 Å². The van der Waals surface area contributed by atoms with E-state index in [1.54, 1.807) is 73.3 Å². The minimum Gasteiger partial charge on any atom is -0.491 e. The highest BCUT2D eigenvalue weighted by molar-refractivity contribution is 5.99. The van der Waals surface area contributed by atoms with Gasteiger partial charge >= 0.3 is 0 Å². The van der Waals surface area contributed by atoms with E-state index < -0.39 is 29.8 Å².